The van der Waals surface area contributed by atoms with E-state index in [0.29, 0.717) is 0 Å². The van der Waals surface area contributed by atoms with Gasteiger partial charge in [-0.2, -0.15) is 0 Å². The van der Waals surface area contributed by atoms with E-state index in [1.54, 1.807) is 0 Å². The molecule has 1 atom stereocenters. The molecule has 1 aliphatic rings. The molecule has 1 aliphatic heterocycles. The van der Waals surface area contributed by atoms with Gasteiger partial charge in [-0.05, 0) is 20.4 Å². The monoisotopic (exact) mass is 327 g/mol. The van der Waals surface area contributed by atoms with Crippen LogP contribution in [0.15, 0.2) is 12.3 Å². The molecule has 1 aromatic heterocycles. The Morgan fingerprint density at radius 3 is 2.77 bits per heavy atom. The highest BCUT2D eigenvalue weighted by Gasteiger charge is 2.19. The molecule has 122 valence electrons. The molecule has 0 aliphatic carbocycles. The maximum absolute atomic E-state index is 11.0. The van der Waals surface area contributed by atoms with Gasteiger partial charge in [0.1, 0.15) is 0 Å². The van der Waals surface area contributed by atoms with Crippen LogP contribution in [0.2, 0.25) is 5.02 Å². The van der Waals surface area contributed by atoms with E-state index in [4.69, 9.17) is 11.6 Å². The smallest absolute Gasteiger partial charge is 0.312 e. The molecular formula is C14H22ClN5O2. The van der Waals surface area contributed by atoms with Crippen LogP contribution in [-0.2, 0) is 0 Å². The number of halogens is 1. The number of likely N-dealkylation sites (N-methyl/N-ethyl adjacent to an activating group) is 1. The van der Waals surface area contributed by atoms with Gasteiger partial charge in [0, 0.05) is 51.0 Å². The van der Waals surface area contributed by atoms with Gasteiger partial charge in [0.05, 0.1) is 9.95 Å². The third kappa shape index (κ3) is 4.79. The fraction of sp³-hybridized carbons (Fsp3) is 0.643. The van der Waals surface area contributed by atoms with Crippen molar-refractivity contribution in [1.29, 1.82) is 0 Å². The lowest BCUT2D eigenvalue weighted by Gasteiger charge is -2.33. The van der Waals surface area contributed by atoms with E-state index in [2.05, 4.69) is 27.1 Å². The average Bonchev–Trinajstić information content (AvgIpc) is 2.48. The van der Waals surface area contributed by atoms with Gasteiger partial charge in [-0.15, -0.1) is 0 Å². The topological polar surface area (TPSA) is 74.5 Å². The second kappa shape index (κ2) is 7.71. The largest absolute Gasteiger partial charge is 0.362 e. The Kier molecular flexibility index (Phi) is 5.93. The molecule has 1 saturated heterocycles. The molecule has 0 saturated carbocycles. The first-order chi connectivity index (χ1) is 10.5. The lowest BCUT2D eigenvalue weighted by molar-refractivity contribution is -0.384. The van der Waals surface area contributed by atoms with Crippen molar-refractivity contribution >= 4 is 23.1 Å². The number of hydrogen-bond acceptors (Lipinski definition) is 6. The minimum Gasteiger partial charge on any atom is -0.362 e. The van der Waals surface area contributed by atoms with Crippen LogP contribution < -0.4 is 5.32 Å². The molecule has 7 nitrogen and oxygen atoms in total. The van der Waals surface area contributed by atoms with Gasteiger partial charge in [-0.3, -0.25) is 10.1 Å². The average molecular weight is 328 g/mol. The highest BCUT2D eigenvalue weighted by Crippen LogP contribution is 2.25. The van der Waals surface area contributed by atoms with Crippen LogP contribution in [0.5, 0.6) is 0 Å². The van der Waals surface area contributed by atoms with Crippen LogP contribution >= 0.6 is 11.6 Å². The molecule has 1 N–H and O–H groups in total. The zero-order valence-corrected chi connectivity index (χ0v) is 13.7. The second-order valence-electron chi connectivity index (χ2n) is 5.76. The summed E-state index contributed by atoms with van der Waals surface area (Å²) in [6.45, 7) is 7.31. The third-order valence-electron chi connectivity index (χ3n) is 3.89. The maximum Gasteiger partial charge on any atom is 0.312 e. The highest BCUT2D eigenvalue weighted by atomic mass is 35.5. The number of nitrogens with zero attached hydrogens (tertiary/aromatic N) is 4. The lowest BCUT2D eigenvalue weighted by Crippen LogP contribution is -2.45. The van der Waals surface area contributed by atoms with Gasteiger partial charge >= 0.3 is 5.69 Å². The van der Waals surface area contributed by atoms with Crippen molar-refractivity contribution in [3.8, 4) is 0 Å². The number of rotatable bonds is 6. The Bertz CT molecular complexity index is 520. The summed E-state index contributed by atoms with van der Waals surface area (Å²) in [5.41, 5.74) is -0.0843. The van der Waals surface area contributed by atoms with Crippen molar-refractivity contribution in [2.24, 2.45) is 0 Å². The van der Waals surface area contributed by atoms with Gasteiger partial charge in [-0.25, -0.2) is 4.98 Å². The van der Waals surface area contributed by atoms with E-state index >= 15 is 0 Å². The Morgan fingerprint density at radius 1 is 1.45 bits per heavy atom. The van der Waals surface area contributed by atoms with Crippen molar-refractivity contribution in [3.05, 3.63) is 27.4 Å². The Balaban J connectivity index is 1.87. The van der Waals surface area contributed by atoms with E-state index in [1.165, 1.54) is 12.3 Å². The number of anilines is 1. The van der Waals surface area contributed by atoms with Gasteiger partial charge in [-0.1, -0.05) is 11.6 Å². The molecule has 0 radical (unpaired) electrons. The lowest BCUT2D eigenvalue weighted by atomic mass is 10.2. The standard InChI is InChI=1S/C14H22ClN5O2/c1-11(3-4-19-7-5-18(2)6-8-19)17-14-13(20(21)22)9-12(15)10-16-14/h9-11H,3-8H2,1-2H3,(H,16,17). The molecule has 0 aromatic carbocycles. The summed E-state index contributed by atoms with van der Waals surface area (Å²) in [5.74, 6) is 0.278. The van der Waals surface area contributed by atoms with Crippen LogP contribution in [0.3, 0.4) is 0 Å². The van der Waals surface area contributed by atoms with Gasteiger partial charge in [0.25, 0.3) is 0 Å². The third-order valence-corrected chi connectivity index (χ3v) is 4.09. The van der Waals surface area contributed by atoms with Crippen LogP contribution in [0.4, 0.5) is 11.5 Å². The van der Waals surface area contributed by atoms with Crippen molar-refractivity contribution in [1.82, 2.24) is 14.8 Å². The Labute approximate surface area is 135 Å². The van der Waals surface area contributed by atoms with Crippen molar-refractivity contribution in [2.45, 2.75) is 19.4 Å². The summed E-state index contributed by atoms with van der Waals surface area (Å²) in [7, 11) is 2.13. The van der Waals surface area contributed by atoms with Gasteiger partial charge in [0.2, 0.25) is 5.82 Å². The minimum atomic E-state index is -0.464. The van der Waals surface area contributed by atoms with E-state index < -0.39 is 4.92 Å². The van der Waals surface area contributed by atoms with Gasteiger partial charge in [0.15, 0.2) is 0 Å². The van der Waals surface area contributed by atoms with E-state index in [9.17, 15) is 10.1 Å². The molecule has 1 fully saturated rings. The Hall–Kier alpha value is -1.44. The number of nitrogens with one attached hydrogen (secondary N) is 1. The second-order valence-corrected chi connectivity index (χ2v) is 6.19. The van der Waals surface area contributed by atoms with Crippen molar-refractivity contribution in [2.75, 3.05) is 45.1 Å². The molecule has 22 heavy (non-hydrogen) atoms. The predicted octanol–water partition coefficient (Wildman–Crippen LogP) is 2.08. The molecule has 1 unspecified atom stereocenters. The number of piperazine rings is 1. The predicted molar refractivity (Wildman–Crippen MR) is 87.5 cm³/mol. The number of nitro groups is 1. The van der Waals surface area contributed by atoms with Crippen molar-refractivity contribution < 1.29 is 4.92 Å². The molecule has 0 bridgehead atoms. The minimum absolute atomic E-state index is 0.0843. The SMILES string of the molecule is CC(CCN1CCN(C)CC1)Nc1ncc(Cl)cc1[N+](=O)[O-]. The first-order valence-corrected chi connectivity index (χ1v) is 7.81. The number of pyridine rings is 1. The summed E-state index contributed by atoms with van der Waals surface area (Å²) in [6.07, 6.45) is 2.33. The molecule has 8 heteroatoms. The highest BCUT2D eigenvalue weighted by molar-refractivity contribution is 6.30. The first-order valence-electron chi connectivity index (χ1n) is 7.43. The fourth-order valence-electron chi connectivity index (χ4n) is 2.43. The molecular weight excluding hydrogens is 306 g/mol. The van der Waals surface area contributed by atoms with Crippen LogP contribution in [0.1, 0.15) is 13.3 Å². The van der Waals surface area contributed by atoms with E-state index in [0.717, 1.165) is 39.1 Å². The van der Waals surface area contributed by atoms with E-state index in [-0.39, 0.29) is 22.6 Å². The molecule has 2 heterocycles. The maximum atomic E-state index is 11.0. The number of hydrogen-bond donors (Lipinski definition) is 1. The summed E-state index contributed by atoms with van der Waals surface area (Å²) < 4.78 is 0. The molecule has 2 rings (SSSR count). The van der Waals surface area contributed by atoms with Crippen molar-refractivity contribution in [3.63, 3.8) is 0 Å². The number of aromatic nitrogens is 1. The zero-order chi connectivity index (χ0) is 16.1. The first kappa shape index (κ1) is 16.9. The van der Waals surface area contributed by atoms with Gasteiger partial charge < -0.3 is 15.1 Å². The molecule has 0 amide bonds. The van der Waals surface area contributed by atoms with Crippen LogP contribution in [0.25, 0.3) is 0 Å². The summed E-state index contributed by atoms with van der Waals surface area (Å²) >= 11 is 5.77. The summed E-state index contributed by atoms with van der Waals surface area (Å²) in [6, 6.07) is 1.43. The van der Waals surface area contributed by atoms with E-state index in [1.807, 2.05) is 6.92 Å². The normalized spacial score (nSPS) is 18.1. The van der Waals surface area contributed by atoms with Crippen LogP contribution in [-0.4, -0.2) is 65.5 Å². The van der Waals surface area contributed by atoms with Crippen LogP contribution in [0, 0.1) is 10.1 Å². The summed E-state index contributed by atoms with van der Waals surface area (Å²) in [4.78, 5) is 19.4. The Morgan fingerprint density at radius 2 is 2.14 bits per heavy atom. The molecule has 0 spiro atoms. The summed E-state index contributed by atoms with van der Waals surface area (Å²) in [5, 5.41) is 14.4. The zero-order valence-electron chi connectivity index (χ0n) is 13.0. The molecule has 1 aromatic rings. The fourth-order valence-corrected chi connectivity index (χ4v) is 2.58. The quantitative estimate of drug-likeness (QED) is 0.637.